The third-order valence-corrected chi connectivity index (χ3v) is 8.52. The van der Waals surface area contributed by atoms with Gasteiger partial charge < -0.3 is 4.74 Å². The fraction of sp³-hybridized carbons (Fsp3) is 0.357. The number of rotatable bonds is 9. The van der Waals surface area contributed by atoms with Gasteiger partial charge in [-0.1, -0.05) is 61.5 Å². The van der Waals surface area contributed by atoms with Gasteiger partial charge in [0.1, 0.15) is 6.10 Å². The Balaban J connectivity index is 1.36. The van der Waals surface area contributed by atoms with Crippen molar-refractivity contribution < 1.29 is 26.3 Å². The summed E-state index contributed by atoms with van der Waals surface area (Å²) in [5.74, 6) is 0. The summed E-state index contributed by atoms with van der Waals surface area (Å²) in [6.07, 6.45) is -4.23. The van der Waals surface area contributed by atoms with Gasteiger partial charge in [-0.15, -0.1) is 0 Å². The molecule has 1 fully saturated rings. The van der Waals surface area contributed by atoms with Gasteiger partial charge >= 0.3 is 6.18 Å². The lowest BCUT2D eigenvalue weighted by molar-refractivity contribution is -0.137. The number of halogens is 3. The Hall–Kier alpha value is -2.72. The predicted molar refractivity (Wildman–Crippen MR) is 137 cm³/mol. The van der Waals surface area contributed by atoms with Gasteiger partial charge in [-0.05, 0) is 47.4 Å². The van der Waals surface area contributed by atoms with E-state index in [1.807, 2.05) is 49.4 Å². The van der Waals surface area contributed by atoms with E-state index in [0.717, 1.165) is 29.7 Å². The lowest BCUT2D eigenvalue weighted by Crippen LogP contribution is -2.49. The molecular weight excluding hydrogens is 501 g/mol. The van der Waals surface area contributed by atoms with E-state index < -0.39 is 27.9 Å². The first-order valence-corrected chi connectivity index (χ1v) is 13.8. The van der Waals surface area contributed by atoms with Crippen LogP contribution < -0.4 is 0 Å². The Kier molecular flexibility index (Phi) is 8.69. The Morgan fingerprint density at radius 3 is 2.14 bits per heavy atom. The summed E-state index contributed by atoms with van der Waals surface area (Å²) in [6.45, 7) is 4.70. The first-order chi connectivity index (χ1) is 17.7. The molecule has 3 aromatic carbocycles. The molecule has 0 bridgehead atoms. The highest BCUT2D eigenvalue weighted by molar-refractivity contribution is 7.89. The number of aryl methyl sites for hydroxylation is 1. The van der Waals surface area contributed by atoms with Crippen molar-refractivity contribution in [2.75, 3.05) is 39.3 Å². The van der Waals surface area contributed by atoms with E-state index in [-0.39, 0.29) is 0 Å². The normalized spacial score (nSPS) is 16.5. The zero-order valence-corrected chi connectivity index (χ0v) is 21.5. The summed E-state index contributed by atoms with van der Waals surface area (Å²) in [5, 5.41) is 0. The first kappa shape index (κ1) is 27.3. The molecule has 0 amide bonds. The van der Waals surface area contributed by atoms with Gasteiger partial charge in [0.25, 0.3) is 0 Å². The molecule has 3 aromatic rings. The van der Waals surface area contributed by atoms with Crippen LogP contribution in [0, 0.1) is 0 Å². The van der Waals surface area contributed by atoms with Gasteiger partial charge in [-0.3, -0.25) is 4.90 Å². The molecule has 1 aliphatic rings. The van der Waals surface area contributed by atoms with E-state index in [4.69, 9.17) is 4.74 Å². The van der Waals surface area contributed by atoms with Gasteiger partial charge in [0, 0.05) is 32.7 Å². The third kappa shape index (κ3) is 6.78. The van der Waals surface area contributed by atoms with Crippen LogP contribution in [-0.2, 0) is 27.4 Å². The highest BCUT2D eigenvalue weighted by atomic mass is 32.2. The number of nitrogens with zero attached hydrogens (tertiary/aromatic N) is 2. The van der Waals surface area contributed by atoms with Crippen molar-refractivity contribution in [1.29, 1.82) is 0 Å². The largest absolute Gasteiger partial charge is 0.416 e. The van der Waals surface area contributed by atoms with Crippen molar-refractivity contribution in [3.8, 4) is 0 Å². The lowest BCUT2D eigenvalue weighted by atomic mass is 9.99. The summed E-state index contributed by atoms with van der Waals surface area (Å²) < 4.78 is 73.5. The third-order valence-electron chi connectivity index (χ3n) is 6.61. The van der Waals surface area contributed by atoms with Crippen LogP contribution in [0.5, 0.6) is 0 Å². The number of sulfonamides is 1. The molecule has 0 unspecified atom stereocenters. The highest BCUT2D eigenvalue weighted by Gasteiger charge is 2.32. The summed E-state index contributed by atoms with van der Waals surface area (Å²) in [7, 11) is -3.55. The van der Waals surface area contributed by atoms with Crippen LogP contribution in [-0.4, -0.2) is 57.0 Å². The zero-order chi connectivity index (χ0) is 26.5. The van der Waals surface area contributed by atoms with Crippen molar-refractivity contribution in [2.45, 2.75) is 30.5 Å². The van der Waals surface area contributed by atoms with Crippen molar-refractivity contribution in [3.05, 3.63) is 101 Å². The van der Waals surface area contributed by atoms with Gasteiger partial charge in [0.05, 0.1) is 17.1 Å². The Morgan fingerprint density at radius 1 is 0.865 bits per heavy atom. The summed E-state index contributed by atoms with van der Waals surface area (Å²) >= 11 is 0. The molecule has 198 valence electrons. The van der Waals surface area contributed by atoms with Crippen molar-refractivity contribution >= 4 is 10.0 Å². The van der Waals surface area contributed by atoms with Gasteiger partial charge in [0.2, 0.25) is 10.0 Å². The van der Waals surface area contributed by atoms with E-state index in [1.54, 1.807) is 18.2 Å². The Labute approximate surface area is 216 Å². The topological polar surface area (TPSA) is 49.9 Å². The SMILES string of the molecule is CCc1ccc(S(=O)(=O)N2CCN(CCO[C@@H](c3ccccc3)c3cccc(C(F)(F)F)c3)CC2)cc1. The second-order valence-electron chi connectivity index (χ2n) is 9.03. The predicted octanol–water partition coefficient (Wildman–Crippen LogP) is 5.38. The minimum Gasteiger partial charge on any atom is -0.367 e. The number of benzene rings is 3. The molecule has 37 heavy (non-hydrogen) atoms. The Morgan fingerprint density at radius 2 is 1.51 bits per heavy atom. The maximum atomic E-state index is 13.3. The monoisotopic (exact) mass is 532 g/mol. The molecule has 0 spiro atoms. The molecule has 0 saturated carbocycles. The van der Waals surface area contributed by atoms with Crippen molar-refractivity contribution in [3.63, 3.8) is 0 Å². The maximum Gasteiger partial charge on any atom is 0.416 e. The standard InChI is InChI=1S/C28H31F3N2O3S/c1-2-22-11-13-26(14-12-22)37(34,35)33-17-15-32(16-18-33)19-20-36-27(23-7-4-3-5-8-23)24-9-6-10-25(21-24)28(29,30)31/h3-14,21,27H,2,15-20H2,1H3/t27-/m0/s1. The average molecular weight is 533 g/mol. The van der Waals surface area contributed by atoms with Crippen LogP contribution in [0.25, 0.3) is 0 Å². The molecule has 9 heteroatoms. The van der Waals surface area contributed by atoms with E-state index in [9.17, 15) is 21.6 Å². The van der Waals surface area contributed by atoms with E-state index >= 15 is 0 Å². The summed E-state index contributed by atoms with van der Waals surface area (Å²) in [5.41, 5.74) is 1.58. The molecule has 1 heterocycles. The number of ether oxygens (including phenoxy) is 1. The molecule has 1 atom stereocenters. The summed E-state index contributed by atoms with van der Waals surface area (Å²) in [4.78, 5) is 2.41. The fourth-order valence-electron chi connectivity index (χ4n) is 4.43. The molecule has 0 N–H and O–H groups in total. The number of hydrogen-bond donors (Lipinski definition) is 0. The molecule has 1 saturated heterocycles. The van der Waals surface area contributed by atoms with Gasteiger partial charge in [-0.25, -0.2) is 8.42 Å². The average Bonchev–Trinajstić information content (AvgIpc) is 2.91. The number of alkyl halides is 3. The Bertz CT molecular complexity index is 1260. The lowest BCUT2D eigenvalue weighted by Gasteiger charge is -2.34. The fourth-order valence-corrected chi connectivity index (χ4v) is 5.85. The van der Waals surface area contributed by atoms with E-state index in [1.165, 1.54) is 10.4 Å². The molecule has 5 nitrogen and oxygen atoms in total. The van der Waals surface area contributed by atoms with Gasteiger partial charge in [-0.2, -0.15) is 17.5 Å². The van der Waals surface area contributed by atoms with Crippen LogP contribution in [0.2, 0.25) is 0 Å². The molecule has 1 aliphatic heterocycles. The smallest absolute Gasteiger partial charge is 0.367 e. The maximum absolute atomic E-state index is 13.3. The summed E-state index contributed by atoms with van der Waals surface area (Å²) in [6, 6.07) is 21.4. The van der Waals surface area contributed by atoms with Gasteiger partial charge in [0.15, 0.2) is 0 Å². The van der Waals surface area contributed by atoms with Crippen molar-refractivity contribution in [2.24, 2.45) is 0 Å². The van der Waals surface area contributed by atoms with Crippen LogP contribution in [0.15, 0.2) is 83.8 Å². The van der Waals surface area contributed by atoms with Crippen LogP contribution >= 0.6 is 0 Å². The van der Waals surface area contributed by atoms with Crippen LogP contribution in [0.4, 0.5) is 13.2 Å². The number of piperazine rings is 1. The van der Waals surface area contributed by atoms with Crippen LogP contribution in [0.3, 0.4) is 0 Å². The highest BCUT2D eigenvalue weighted by Crippen LogP contribution is 2.33. The first-order valence-electron chi connectivity index (χ1n) is 12.3. The minimum absolute atomic E-state index is 0.293. The van der Waals surface area contributed by atoms with Crippen molar-refractivity contribution in [1.82, 2.24) is 9.21 Å². The number of hydrogen-bond acceptors (Lipinski definition) is 4. The molecular formula is C28H31F3N2O3S. The molecule has 4 rings (SSSR count). The van der Waals surface area contributed by atoms with E-state index in [0.29, 0.717) is 49.8 Å². The van der Waals surface area contributed by atoms with E-state index in [2.05, 4.69) is 4.90 Å². The quantitative estimate of drug-likeness (QED) is 0.371. The molecule has 0 radical (unpaired) electrons. The molecule has 0 aromatic heterocycles. The molecule has 0 aliphatic carbocycles. The second-order valence-corrected chi connectivity index (χ2v) is 11.0. The minimum atomic E-state index is -4.44. The van der Waals surface area contributed by atoms with Crippen LogP contribution in [0.1, 0.15) is 35.3 Å². The second kappa shape index (κ2) is 11.8. The zero-order valence-electron chi connectivity index (χ0n) is 20.7.